The quantitative estimate of drug-likeness (QED) is 0.619. The van der Waals surface area contributed by atoms with E-state index in [1.54, 1.807) is 6.07 Å². The van der Waals surface area contributed by atoms with Crippen LogP contribution in [0.4, 0.5) is 5.69 Å². The van der Waals surface area contributed by atoms with Gasteiger partial charge in [0.05, 0.1) is 4.92 Å². The summed E-state index contributed by atoms with van der Waals surface area (Å²) in [6.07, 6.45) is 1.86. The first kappa shape index (κ1) is 12.0. The second-order valence-corrected chi connectivity index (χ2v) is 4.67. The second kappa shape index (κ2) is 4.83. The third-order valence-corrected chi connectivity index (χ3v) is 3.34. The zero-order chi connectivity index (χ0) is 12.4. The van der Waals surface area contributed by atoms with Crippen molar-refractivity contribution in [2.24, 2.45) is 5.92 Å². The van der Waals surface area contributed by atoms with Crippen LogP contribution < -0.4 is 4.74 Å². The SMILES string of the molecule is O=C(COc1cccc([N+](=O)[O-])c1Br)C1CC1. The number of Topliss-reactive ketones (excluding diaryl/α,β-unsaturated/α-hetero) is 1. The molecule has 2 rings (SSSR count). The van der Waals surface area contributed by atoms with Crippen LogP contribution >= 0.6 is 15.9 Å². The molecule has 1 aliphatic carbocycles. The van der Waals surface area contributed by atoms with E-state index in [4.69, 9.17) is 4.74 Å². The number of nitrogens with zero attached hydrogens (tertiary/aromatic N) is 1. The van der Waals surface area contributed by atoms with Gasteiger partial charge in [0.2, 0.25) is 0 Å². The first-order valence-corrected chi connectivity index (χ1v) is 5.97. The average molecular weight is 300 g/mol. The lowest BCUT2D eigenvalue weighted by Crippen LogP contribution is -2.13. The number of hydrogen-bond acceptors (Lipinski definition) is 4. The van der Waals surface area contributed by atoms with Crippen LogP contribution in [0, 0.1) is 16.0 Å². The normalized spacial score (nSPS) is 14.4. The van der Waals surface area contributed by atoms with Crippen LogP contribution in [0.1, 0.15) is 12.8 Å². The van der Waals surface area contributed by atoms with Crippen LogP contribution in [-0.2, 0) is 4.79 Å². The van der Waals surface area contributed by atoms with E-state index < -0.39 is 4.92 Å². The van der Waals surface area contributed by atoms with E-state index in [0.29, 0.717) is 5.75 Å². The molecule has 0 unspecified atom stereocenters. The van der Waals surface area contributed by atoms with Crippen LogP contribution in [0.3, 0.4) is 0 Å². The zero-order valence-electron chi connectivity index (χ0n) is 8.89. The Labute approximate surface area is 106 Å². The molecule has 90 valence electrons. The lowest BCUT2D eigenvalue weighted by atomic mass is 10.3. The van der Waals surface area contributed by atoms with Crippen molar-refractivity contribution in [2.75, 3.05) is 6.61 Å². The van der Waals surface area contributed by atoms with E-state index in [2.05, 4.69) is 15.9 Å². The molecule has 0 spiro atoms. The molecular formula is C11H10BrNO4. The first-order chi connectivity index (χ1) is 8.09. The van der Waals surface area contributed by atoms with Gasteiger partial charge in [-0.3, -0.25) is 14.9 Å². The van der Waals surface area contributed by atoms with Crippen molar-refractivity contribution in [3.05, 3.63) is 32.8 Å². The summed E-state index contributed by atoms with van der Waals surface area (Å²) >= 11 is 3.11. The predicted octanol–water partition coefficient (Wildman–Crippen LogP) is 2.72. The van der Waals surface area contributed by atoms with Gasteiger partial charge in [0.25, 0.3) is 5.69 Å². The molecule has 1 aliphatic rings. The van der Waals surface area contributed by atoms with Gasteiger partial charge in [-0.1, -0.05) is 6.07 Å². The Balaban J connectivity index is 2.07. The average Bonchev–Trinajstić information content (AvgIpc) is 3.10. The smallest absolute Gasteiger partial charge is 0.287 e. The minimum Gasteiger partial charge on any atom is -0.484 e. The maximum absolute atomic E-state index is 11.4. The summed E-state index contributed by atoms with van der Waals surface area (Å²) in [5.74, 6) is 0.518. The molecule has 17 heavy (non-hydrogen) atoms. The Bertz CT molecular complexity index is 471. The summed E-state index contributed by atoms with van der Waals surface area (Å²) in [5.41, 5.74) is -0.0682. The van der Waals surface area contributed by atoms with Gasteiger partial charge in [0, 0.05) is 12.0 Å². The monoisotopic (exact) mass is 299 g/mol. The van der Waals surface area contributed by atoms with E-state index >= 15 is 0 Å². The summed E-state index contributed by atoms with van der Waals surface area (Å²) < 4.78 is 5.56. The van der Waals surface area contributed by atoms with Gasteiger partial charge in [0.1, 0.15) is 16.8 Å². The molecule has 0 aliphatic heterocycles. The van der Waals surface area contributed by atoms with E-state index in [9.17, 15) is 14.9 Å². The maximum Gasteiger partial charge on any atom is 0.287 e. The highest BCUT2D eigenvalue weighted by molar-refractivity contribution is 9.10. The molecule has 0 bridgehead atoms. The van der Waals surface area contributed by atoms with Gasteiger partial charge in [-0.25, -0.2) is 0 Å². The molecule has 0 saturated heterocycles. The fraction of sp³-hybridized carbons (Fsp3) is 0.364. The second-order valence-electron chi connectivity index (χ2n) is 3.88. The number of hydrogen-bond donors (Lipinski definition) is 0. The van der Waals surface area contributed by atoms with Gasteiger partial charge in [-0.2, -0.15) is 0 Å². The van der Waals surface area contributed by atoms with E-state index in [1.807, 2.05) is 0 Å². The molecule has 0 radical (unpaired) electrons. The lowest BCUT2D eigenvalue weighted by Gasteiger charge is -2.06. The van der Waals surface area contributed by atoms with Crippen LogP contribution in [0.25, 0.3) is 0 Å². The highest BCUT2D eigenvalue weighted by Gasteiger charge is 2.29. The molecule has 0 atom stereocenters. The summed E-state index contributed by atoms with van der Waals surface area (Å²) in [7, 11) is 0. The lowest BCUT2D eigenvalue weighted by molar-refractivity contribution is -0.385. The number of halogens is 1. The molecular weight excluding hydrogens is 290 g/mol. The van der Waals surface area contributed by atoms with Crippen molar-refractivity contribution < 1.29 is 14.5 Å². The standard InChI is InChI=1S/C11H10BrNO4/c12-11-8(13(15)16)2-1-3-10(11)17-6-9(14)7-4-5-7/h1-3,7H,4-6H2. The maximum atomic E-state index is 11.4. The van der Waals surface area contributed by atoms with Gasteiger partial charge < -0.3 is 4.74 Å². The van der Waals surface area contributed by atoms with Crippen molar-refractivity contribution >= 4 is 27.4 Å². The fourth-order valence-corrected chi connectivity index (χ4v) is 1.95. The Morgan fingerprint density at radius 2 is 2.24 bits per heavy atom. The molecule has 0 N–H and O–H groups in total. The van der Waals surface area contributed by atoms with Crippen LogP contribution in [-0.4, -0.2) is 17.3 Å². The molecule has 0 heterocycles. The summed E-state index contributed by atoms with van der Waals surface area (Å²) in [6.45, 7) is -0.0234. The zero-order valence-corrected chi connectivity index (χ0v) is 10.5. The number of nitro benzene ring substituents is 1. The summed E-state index contributed by atoms with van der Waals surface area (Å²) in [6, 6.07) is 4.50. The Morgan fingerprint density at radius 1 is 1.53 bits per heavy atom. The van der Waals surface area contributed by atoms with E-state index in [-0.39, 0.29) is 28.5 Å². The molecule has 1 saturated carbocycles. The number of benzene rings is 1. The van der Waals surface area contributed by atoms with E-state index in [0.717, 1.165) is 12.8 Å². The number of rotatable bonds is 5. The largest absolute Gasteiger partial charge is 0.484 e. The molecule has 1 fully saturated rings. The topological polar surface area (TPSA) is 69.4 Å². The van der Waals surface area contributed by atoms with Crippen molar-refractivity contribution in [3.63, 3.8) is 0 Å². The Kier molecular flexibility index (Phi) is 3.42. The molecule has 5 nitrogen and oxygen atoms in total. The first-order valence-electron chi connectivity index (χ1n) is 5.18. The summed E-state index contributed by atoms with van der Waals surface area (Å²) in [5, 5.41) is 10.7. The van der Waals surface area contributed by atoms with Crippen molar-refractivity contribution in [2.45, 2.75) is 12.8 Å². The van der Waals surface area contributed by atoms with Crippen LogP contribution in [0.15, 0.2) is 22.7 Å². The van der Waals surface area contributed by atoms with Gasteiger partial charge in [0.15, 0.2) is 5.78 Å². The number of carbonyl (C=O) groups is 1. The third kappa shape index (κ3) is 2.82. The Morgan fingerprint density at radius 3 is 2.82 bits per heavy atom. The van der Waals surface area contributed by atoms with Gasteiger partial charge >= 0.3 is 0 Å². The highest BCUT2D eigenvalue weighted by atomic mass is 79.9. The fourth-order valence-electron chi connectivity index (χ4n) is 1.42. The van der Waals surface area contributed by atoms with Crippen LogP contribution in [0.5, 0.6) is 5.75 Å². The minimum atomic E-state index is -0.500. The molecule has 0 aromatic heterocycles. The number of carbonyl (C=O) groups excluding carboxylic acids is 1. The summed E-state index contributed by atoms with van der Waals surface area (Å²) in [4.78, 5) is 21.6. The number of ketones is 1. The van der Waals surface area contributed by atoms with Gasteiger partial charge in [-0.05, 0) is 34.8 Å². The van der Waals surface area contributed by atoms with Crippen molar-refractivity contribution in [1.82, 2.24) is 0 Å². The number of nitro groups is 1. The predicted molar refractivity (Wildman–Crippen MR) is 64.0 cm³/mol. The molecule has 6 heteroatoms. The van der Waals surface area contributed by atoms with Gasteiger partial charge in [-0.15, -0.1) is 0 Å². The van der Waals surface area contributed by atoms with Crippen molar-refractivity contribution in [3.8, 4) is 5.75 Å². The minimum absolute atomic E-state index is 0.0234. The highest BCUT2D eigenvalue weighted by Crippen LogP contribution is 2.34. The van der Waals surface area contributed by atoms with Crippen molar-refractivity contribution in [1.29, 1.82) is 0 Å². The Hall–Kier alpha value is -1.43. The molecule has 1 aromatic carbocycles. The molecule has 0 amide bonds. The number of ether oxygens (including phenoxy) is 1. The van der Waals surface area contributed by atoms with E-state index in [1.165, 1.54) is 12.1 Å². The molecule has 1 aromatic rings. The third-order valence-electron chi connectivity index (χ3n) is 2.54. The van der Waals surface area contributed by atoms with Crippen LogP contribution in [0.2, 0.25) is 0 Å².